The fourth-order valence-electron chi connectivity index (χ4n) is 3.76. The minimum absolute atomic E-state index is 0. The fraction of sp³-hybridized carbons (Fsp3) is 0.650. The lowest BCUT2D eigenvalue weighted by Gasteiger charge is -2.36. The van der Waals surface area contributed by atoms with Crippen molar-refractivity contribution in [3.63, 3.8) is 0 Å². The third-order valence-electron chi connectivity index (χ3n) is 5.51. The number of hydrogen-bond donors (Lipinski definition) is 1. The van der Waals surface area contributed by atoms with E-state index in [1.165, 1.54) is 38.3 Å². The molecule has 1 aromatic rings. The summed E-state index contributed by atoms with van der Waals surface area (Å²) in [5, 5.41) is 0.779. The van der Waals surface area contributed by atoms with E-state index in [4.69, 9.17) is 17.3 Å². The number of rotatable bonds is 5. The lowest BCUT2D eigenvalue weighted by atomic mass is 10.2. The van der Waals surface area contributed by atoms with Crippen molar-refractivity contribution >= 4 is 47.2 Å². The molecule has 3 rings (SSSR count). The highest BCUT2D eigenvalue weighted by Crippen LogP contribution is 2.19. The Bertz CT molecular complexity index is 603. The summed E-state index contributed by atoms with van der Waals surface area (Å²) in [5.41, 5.74) is 7.45. The number of nitrogens with two attached hydrogens (primary N) is 1. The summed E-state index contributed by atoms with van der Waals surface area (Å²) in [5.74, 6) is 0.696. The van der Waals surface area contributed by atoms with Gasteiger partial charge in [-0.3, -0.25) is 4.99 Å². The molecule has 6 nitrogen and oxygen atoms in total. The van der Waals surface area contributed by atoms with Gasteiger partial charge in [0.2, 0.25) is 0 Å². The van der Waals surface area contributed by atoms with Crippen LogP contribution in [0.2, 0.25) is 5.02 Å². The standard InChI is InChI=1S/C20H33ClN6.HI/c1-24-9-3-11-25(13-12-24)10-2-8-23-20(22)27-16-14-26(15-17-27)19-6-4-18(21)5-7-19;/h4-7H,2-3,8-17H2,1H3,(H2,22,23);1H. The van der Waals surface area contributed by atoms with Crippen molar-refractivity contribution in [2.75, 3.05) is 77.4 Å². The summed E-state index contributed by atoms with van der Waals surface area (Å²) in [6.45, 7) is 10.4. The van der Waals surface area contributed by atoms with Gasteiger partial charge in [0.15, 0.2) is 5.96 Å². The van der Waals surface area contributed by atoms with Gasteiger partial charge in [0.05, 0.1) is 0 Å². The first-order chi connectivity index (χ1) is 13.1. The molecule has 2 N–H and O–H groups in total. The number of hydrogen-bond acceptors (Lipinski definition) is 4. The Morgan fingerprint density at radius 1 is 1.00 bits per heavy atom. The van der Waals surface area contributed by atoms with Gasteiger partial charge >= 0.3 is 0 Å². The second kappa shape index (κ2) is 12.0. The average molecular weight is 521 g/mol. The summed E-state index contributed by atoms with van der Waals surface area (Å²) in [6, 6.07) is 8.05. The maximum atomic E-state index is 6.23. The summed E-state index contributed by atoms with van der Waals surface area (Å²) >= 11 is 5.98. The van der Waals surface area contributed by atoms with Gasteiger partial charge in [0.1, 0.15) is 0 Å². The molecule has 1 aromatic carbocycles. The molecule has 2 fully saturated rings. The number of nitrogens with zero attached hydrogens (tertiary/aromatic N) is 5. The van der Waals surface area contributed by atoms with E-state index in [2.05, 4.69) is 43.8 Å². The normalized spacial score (nSPS) is 20.0. The second-order valence-corrected chi connectivity index (χ2v) is 7.98. The SMILES string of the molecule is CN1CCCN(CCCN=C(N)N2CCN(c3ccc(Cl)cc3)CC2)CC1.I. The van der Waals surface area contributed by atoms with Crippen LogP contribution in [-0.4, -0.2) is 93.2 Å². The molecule has 0 aromatic heterocycles. The highest BCUT2D eigenvalue weighted by molar-refractivity contribution is 14.0. The minimum atomic E-state index is 0. The Morgan fingerprint density at radius 3 is 2.43 bits per heavy atom. The van der Waals surface area contributed by atoms with Gasteiger partial charge in [-0.2, -0.15) is 0 Å². The zero-order valence-electron chi connectivity index (χ0n) is 16.9. The van der Waals surface area contributed by atoms with Gasteiger partial charge in [-0.1, -0.05) is 11.6 Å². The molecule has 28 heavy (non-hydrogen) atoms. The van der Waals surface area contributed by atoms with Gasteiger partial charge in [-0.25, -0.2) is 0 Å². The zero-order valence-corrected chi connectivity index (χ0v) is 20.0. The maximum absolute atomic E-state index is 6.23. The van der Waals surface area contributed by atoms with E-state index in [0.717, 1.165) is 50.7 Å². The highest BCUT2D eigenvalue weighted by Gasteiger charge is 2.18. The van der Waals surface area contributed by atoms with Gasteiger partial charge in [0.25, 0.3) is 0 Å². The van der Waals surface area contributed by atoms with E-state index >= 15 is 0 Å². The van der Waals surface area contributed by atoms with Gasteiger partial charge in [-0.15, -0.1) is 24.0 Å². The number of likely N-dealkylation sites (N-methyl/N-ethyl adjacent to an activating group) is 1. The quantitative estimate of drug-likeness (QED) is 0.280. The predicted molar refractivity (Wildman–Crippen MR) is 130 cm³/mol. The number of halogens is 2. The van der Waals surface area contributed by atoms with Crippen LogP contribution in [0.5, 0.6) is 0 Å². The number of anilines is 1. The lowest BCUT2D eigenvalue weighted by molar-refractivity contribution is 0.275. The first-order valence-corrected chi connectivity index (χ1v) is 10.5. The number of aliphatic imine (C=N–C) groups is 1. The lowest BCUT2D eigenvalue weighted by Crippen LogP contribution is -2.51. The Hall–Kier alpha value is -0.770. The zero-order chi connectivity index (χ0) is 19.1. The molecule has 0 bridgehead atoms. The highest BCUT2D eigenvalue weighted by atomic mass is 127. The van der Waals surface area contributed by atoms with Crippen LogP contribution < -0.4 is 10.6 Å². The largest absolute Gasteiger partial charge is 0.370 e. The molecule has 2 saturated heterocycles. The van der Waals surface area contributed by atoms with E-state index in [-0.39, 0.29) is 24.0 Å². The molecule has 2 aliphatic rings. The third kappa shape index (κ3) is 7.24. The molecular formula is C20H34ClIN6. The van der Waals surface area contributed by atoms with Crippen molar-refractivity contribution in [1.29, 1.82) is 0 Å². The summed E-state index contributed by atoms with van der Waals surface area (Å²) in [4.78, 5) is 14.2. The Balaban J connectivity index is 0.00000280. The number of piperazine rings is 1. The minimum Gasteiger partial charge on any atom is -0.370 e. The van der Waals surface area contributed by atoms with E-state index in [9.17, 15) is 0 Å². The van der Waals surface area contributed by atoms with Gasteiger partial charge < -0.3 is 25.3 Å². The molecule has 0 atom stereocenters. The summed E-state index contributed by atoms with van der Waals surface area (Å²) in [7, 11) is 2.21. The van der Waals surface area contributed by atoms with E-state index in [1.54, 1.807) is 0 Å². The molecule has 0 unspecified atom stereocenters. The Labute approximate surface area is 191 Å². The molecule has 0 aliphatic carbocycles. The Kier molecular flexibility index (Phi) is 10.1. The van der Waals surface area contributed by atoms with Crippen LogP contribution in [-0.2, 0) is 0 Å². The second-order valence-electron chi connectivity index (χ2n) is 7.54. The van der Waals surface area contributed by atoms with Crippen molar-refractivity contribution in [3.8, 4) is 0 Å². The molecular weight excluding hydrogens is 487 g/mol. The number of benzene rings is 1. The number of guanidine groups is 1. The molecule has 0 saturated carbocycles. The van der Waals surface area contributed by atoms with E-state index < -0.39 is 0 Å². The van der Waals surface area contributed by atoms with Crippen LogP contribution in [0.15, 0.2) is 29.3 Å². The van der Waals surface area contributed by atoms with Crippen LogP contribution in [0.3, 0.4) is 0 Å². The fourth-order valence-corrected chi connectivity index (χ4v) is 3.88. The average Bonchev–Trinajstić information content (AvgIpc) is 2.90. The summed E-state index contributed by atoms with van der Waals surface area (Å²) in [6.07, 6.45) is 2.34. The van der Waals surface area contributed by atoms with Crippen molar-refractivity contribution in [3.05, 3.63) is 29.3 Å². The summed E-state index contributed by atoms with van der Waals surface area (Å²) < 4.78 is 0. The molecule has 0 amide bonds. The van der Waals surface area contributed by atoms with E-state index in [0.29, 0.717) is 5.96 Å². The topological polar surface area (TPSA) is 51.3 Å². The van der Waals surface area contributed by atoms with E-state index in [1.807, 2.05) is 12.1 Å². The van der Waals surface area contributed by atoms with Crippen LogP contribution in [0.1, 0.15) is 12.8 Å². The van der Waals surface area contributed by atoms with Gasteiger partial charge in [-0.05, 0) is 63.8 Å². The van der Waals surface area contributed by atoms with Gasteiger partial charge in [0, 0.05) is 56.5 Å². The van der Waals surface area contributed by atoms with Crippen molar-refractivity contribution < 1.29 is 0 Å². The third-order valence-corrected chi connectivity index (χ3v) is 5.77. The molecule has 0 radical (unpaired) electrons. The van der Waals surface area contributed by atoms with Crippen LogP contribution >= 0.6 is 35.6 Å². The maximum Gasteiger partial charge on any atom is 0.191 e. The first kappa shape index (κ1) is 23.5. The Morgan fingerprint density at radius 2 is 1.71 bits per heavy atom. The smallest absolute Gasteiger partial charge is 0.191 e. The molecule has 2 aliphatic heterocycles. The molecule has 2 heterocycles. The first-order valence-electron chi connectivity index (χ1n) is 10.1. The molecule has 8 heteroatoms. The van der Waals surface area contributed by atoms with Crippen LogP contribution in [0.25, 0.3) is 0 Å². The van der Waals surface area contributed by atoms with Crippen molar-refractivity contribution in [2.45, 2.75) is 12.8 Å². The molecule has 0 spiro atoms. The predicted octanol–water partition coefficient (Wildman–Crippen LogP) is 2.42. The van der Waals surface area contributed by atoms with Crippen molar-refractivity contribution in [2.24, 2.45) is 10.7 Å². The van der Waals surface area contributed by atoms with Crippen LogP contribution in [0.4, 0.5) is 5.69 Å². The molecule has 158 valence electrons. The monoisotopic (exact) mass is 520 g/mol. The van der Waals surface area contributed by atoms with Crippen molar-refractivity contribution in [1.82, 2.24) is 14.7 Å². The van der Waals surface area contributed by atoms with Crippen LogP contribution in [0, 0.1) is 0 Å².